The summed E-state index contributed by atoms with van der Waals surface area (Å²) in [6.07, 6.45) is 3.38. The van der Waals surface area contributed by atoms with Gasteiger partial charge in [0.25, 0.3) is 5.56 Å². The van der Waals surface area contributed by atoms with Gasteiger partial charge in [0.05, 0.1) is 0 Å². The molecule has 0 unspecified atom stereocenters. The highest BCUT2D eigenvalue weighted by molar-refractivity contribution is 5.76. The van der Waals surface area contributed by atoms with Crippen molar-refractivity contribution in [3.63, 3.8) is 0 Å². The van der Waals surface area contributed by atoms with E-state index in [1.807, 2.05) is 0 Å². The first-order valence-corrected chi connectivity index (χ1v) is 7.21. The van der Waals surface area contributed by atoms with E-state index in [0.29, 0.717) is 19.0 Å². The molecule has 0 aromatic carbocycles. The van der Waals surface area contributed by atoms with E-state index < -0.39 is 5.69 Å². The minimum Gasteiger partial charge on any atom is -0.337 e. The average molecular weight is 294 g/mol. The van der Waals surface area contributed by atoms with Crippen LogP contribution in [0.4, 0.5) is 0 Å². The Balaban J connectivity index is 2.20. The average Bonchev–Trinajstić information content (AvgIpc) is 2.47. The van der Waals surface area contributed by atoms with Crippen molar-refractivity contribution in [2.24, 2.45) is 18.7 Å². The number of amides is 1. The highest BCUT2D eigenvalue weighted by Crippen LogP contribution is 2.22. The van der Waals surface area contributed by atoms with Crippen LogP contribution in [0.2, 0.25) is 0 Å². The van der Waals surface area contributed by atoms with E-state index in [1.165, 1.54) is 23.9 Å². The van der Waals surface area contributed by atoms with Crippen molar-refractivity contribution in [1.29, 1.82) is 0 Å². The van der Waals surface area contributed by atoms with E-state index in [2.05, 4.69) is 6.92 Å². The molecule has 0 radical (unpaired) electrons. The normalized spacial score (nSPS) is 22.3. The lowest BCUT2D eigenvalue weighted by Gasteiger charge is -2.39. The Bertz CT molecular complexity index is 634. The van der Waals surface area contributed by atoms with Crippen LogP contribution >= 0.6 is 0 Å². The molecular formula is C14H22N4O3. The van der Waals surface area contributed by atoms with Crippen LogP contribution in [0, 0.1) is 5.92 Å². The monoisotopic (exact) mass is 294 g/mol. The Hall–Kier alpha value is -1.89. The molecule has 2 heterocycles. The van der Waals surface area contributed by atoms with Crippen molar-refractivity contribution in [1.82, 2.24) is 14.0 Å². The summed E-state index contributed by atoms with van der Waals surface area (Å²) in [5, 5.41) is 0. The van der Waals surface area contributed by atoms with E-state index in [4.69, 9.17) is 5.73 Å². The van der Waals surface area contributed by atoms with Crippen LogP contribution in [0.15, 0.2) is 21.9 Å². The second-order valence-electron chi connectivity index (χ2n) is 5.63. The zero-order valence-corrected chi connectivity index (χ0v) is 12.5. The highest BCUT2D eigenvalue weighted by atomic mass is 16.2. The number of likely N-dealkylation sites (tertiary alicyclic amines) is 1. The molecule has 2 atom stereocenters. The first-order valence-electron chi connectivity index (χ1n) is 7.21. The van der Waals surface area contributed by atoms with Gasteiger partial charge in [0.15, 0.2) is 0 Å². The summed E-state index contributed by atoms with van der Waals surface area (Å²) in [5.41, 5.74) is 4.92. The number of hydrogen-bond acceptors (Lipinski definition) is 4. The van der Waals surface area contributed by atoms with Crippen molar-refractivity contribution >= 4 is 5.91 Å². The minimum absolute atomic E-state index is 0.0227. The number of piperidine rings is 1. The number of carbonyl (C=O) groups excluding carboxylic acids is 1. The number of aromatic nitrogens is 2. The molecule has 7 heteroatoms. The van der Waals surface area contributed by atoms with Crippen LogP contribution in [0.3, 0.4) is 0 Å². The highest BCUT2D eigenvalue weighted by Gasteiger charge is 2.30. The van der Waals surface area contributed by atoms with Crippen LogP contribution < -0.4 is 17.0 Å². The molecule has 0 aliphatic carbocycles. The standard InChI is InChI=1S/C14H22N4O3/c1-10-4-3-6-18(11(10)8-15)13(20)9-17-7-5-12(19)16(2)14(17)21/h5,7,10-11H,3-4,6,8-9,15H2,1-2H3/t10-,11+/m1/s1. The zero-order chi connectivity index (χ0) is 15.6. The van der Waals surface area contributed by atoms with E-state index >= 15 is 0 Å². The van der Waals surface area contributed by atoms with Gasteiger partial charge in [0.1, 0.15) is 6.54 Å². The van der Waals surface area contributed by atoms with Gasteiger partial charge in [-0.2, -0.15) is 0 Å². The smallest absolute Gasteiger partial charge is 0.331 e. The lowest BCUT2D eigenvalue weighted by Crippen LogP contribution is -2.53. The quantitative estimate of drug-likeness (QED) is 0.785. The first kappa shape index (κ1) is 15.5. The van der Waals surface area contributed by atoms with Crippen LogP contribution in [0.5, 0.6) is 0 Å². The molecular weight excluding hydrogens is 272 g/mol. The molecule has 1 amide bonds. The maximum Gasteiger partial charge on any atom is 0.331 e. The molecule has 1 fully saturated rings. The molecule has 0 bridgehead atoms. The molecule has 1 aliphatic heterocycles. The van der Waals surface area contributed by atoms with E-state index in [9.17, 15) is 14.4 Å². The Morgan fingerprint density at radius 1 is 1.43 bits per heavy atom. The van der Waals surface area contributed by atoms with Gasteiger partial charge >= 0.3 is 5.69 Å². The minimum atomic E-state index is -0.481. The molecule has 1 aliphatic rings. The summed E-state index contributed by atoms with van der Waals surface area (Å²) >= 11 is 0. The second kappa shape index (κ2) is 6.26. The third-order valence-electron chi connectivity index (χ3n) is 4.24. The molecule has 1 aromatic heterocycles. The van der Waals surface area contributed by atoms with Crippen molar-refractivity contribution < 1.29 is 4.79 Å². The van der Waals surface area contributed by atoms with Gasteiger partial charge in [-0.3, -0.25) is 18.7 Å². The van der Waals surface area contributed by atoms with Crippen LogP contribution in [-0.2, 0) is 18.4 Å². The summed E-state index contributed by atoms with van der Waals surface area (Å²) in [4.78, 5) is 37.5. The van der Waals surface area contributed by atoms with Crippen molar-refractivity contribution in [2.75, 3.05) is 13.1 Å². The van der Waals surface area contributed by atoms with E-state index in [0.717, 1.165) is 17.4 Å². The Kier molecular flexibility index (Phi) is 4.62. The summed E-state index contributed by atoms with van der Waals surface area (Å²) in [7, 11) is 1.40. The van der Waals surface area contributed by atoms with Crippen molar-refractivity contribution in [3.05, 3.63) is 33.1 Å². The molecule has 2 N–H and O–H groups in total. The van der Waals surface area contributed by atoms with Crippen molar-refractivity contribution in [3.8, 4) is 0 Å². The predicted molar refractivity (Wildman–Crippen MR) is 78.9 cm³/mol. The molecule has 116 valence electrons. The van der Waals surface area contributed by atoms with E-state index in [1.54, 1.807) is 4.90 Å². The molecule has 21 heavy (non-hydrogen) atoms. The maximum absolute atomic E-state index is 12.5. The summed E-state index contributed by atoms with van der Waals surface area (Å²) in [5.74, 6) is 0.238. The Morgan fingerprint density at radius 3 is 2.81 bits per heavy atom. The fourth-order valence-electron chi connectivity index (χ4n) is 2.89. The van der Waals surface area contributed by atoms with Gasteiger partial charge < -0.3 is 10.6 Å². The lowest BCUT2D eigenvalue weighted by atomic mass is 9.91. The Morgan fingerprint density at radius 2 is 2.14 bits per heavy atom. The molecule has 0 spiro atoms. The predicted octanol–water partition coefficient (Wildman–Crippen LogP) is -0.867. The summed E-state index contributed by atoms with van der Waals surface area (Å²) in [6.45, 7) is 3.13. The molecule has 2 rings (SSSR count). The third kappa shape index (κ3) is 3.07. The summed E-state index contributed by atoms with van der Waals surface area (Å²) < 4.78 is 2.25. The summed E-state index contributed by atoms with van der Waals surface area (Å²) in [6, 6.07) is 1.31. The van der Waals surface area contributed by atoms with Gasteiger partial charge in [-0.15, -0.1) is 0 Å². The number of carbonyl (C=O) groups is 1. The number of nitrogens with two attached hydrogens (primary N) is 1. The topological polar surface area (TPSA) is 90.3 Å². The third-order valence-corrected chi connectivity index (χ3v) is 4.24. The van der Waals surface area contributed by atoms with Gasteiger partial charge in [-0.1, -0.05) is 6.92 Å². The fraction of sp³-hybridized carbons (Fsp3) is 0.643. The number of hydrogen-bond donors (Lipinski definition) is 1. The second-order valence-corrected chi connectivity index (χ2v) is 5.63. The van der Waals surface area contributed by atoms with Gasteiger partial charge in [-0.05, 0) is 18.8 Å². The fourth-order valence-corrected chi connectivity index (χ4v) is 2.89. The van der Waals surface area contributed by atoms with Crippen molar-refractivity contribution in [2.45, 2.75) is 32.4 Å². The number of nitrogens with zero attached hydrogens (tertiary/aromatic N) is 3. The molecule has 1 aromatic rings. The van der Waals surface area contributed by atoms with Crippen LogP contribution in [0.25, 0.3) is 0 Å². The van der Waals surface area contributed by atoms with Gasteiger partial charge in [0.2, 0.25) is 5.91 Å². The lowest BCUT2D eigenvalue weighted by molar-refractivity contribution is -0.136. The van der Waals surface area contributed by atoms with Gasteiger partial charge in [-0.25, -0.2) is 4.79 Å². The largest absolute Gasteiger partial charge is 0.337 e. The maximum atomic E-state index is 12.5. The van der Waals surface area contributed by atoms with Crippen LogP contribution in [0.1, 0.15) is 19.8 Å². The molecule has 7 nitrogen and oxygen atoms in total. The molecule has 0 saturated carbocycles. The first-order chi connectivity index (χ1) is 9.95. The van der Waals surface area contributed by atoms with Gasteiger partial charge in [0, 0.05) is 38.4 Å². The molecule has 1 saturated heterocycles. The number of rotatable bonds is 3. The SMILES string of the molecule is C[C@@H]1CCCN(C(=O)Cn2ccc(=O)n(C)c2=O)[C@H]1CN. The Labute approximate surface area is 123 Å². The van der Waals surface area contributed by atoms with E-state index in [-0.39, 0.29) is 24.1 Å². The zero-order valence-electron chi connectivity index (χ0n) is 12.5. The van der Waals surface area contributed by atoms with Crippen LogP contribution in [-0.4, -0.2) is 39.1 Å².